The number of hydrogen-bond acceptors (Lipinski definition) is 2. The van der Waals surface area contributed by atoms with Gasteiger partial charge in [0.1, 0.15) is 11.6 Å². The Morgan fingerprint density at radius 2 is 2.11 bits per heavy atom. The number of rotatable bonds is 2. The first-order valence-electron chi connectivity index (χ1n) is 5.26. The van der Waals surface area contributed by atoms with Gasteiger partial charge in [0.2, 0.25) is 0 Å². The Balaban J connectivity index is 2.24. The summed E-state index contributed by atoms with van der Waals surface area (Å²) in [4.78, 5) is 15.9. The molecule has 0 aliphatic rings. The van der Waals surface area contributed by atoms with Crippen molar-refractivity contribution < 1.29 is 9.18 Å². The zero-order valence-corrected chi connectivity index (χ0v) is 11.2. The molecule has 1 amide bonds. The molecule has 0 saturated heterocycles. The number of halogens is 2. The third-order valence-electron chi connectivity index (χ3n) is 2.40. The van der Waals surface area contributed by atoms with Crippen LogP contribution in [0.15, 0.2) is 41.0 Å². The Bertz CT molecular complexity index is 601. The maximum atomic E-state index is 13.4. The lowest BCUT2D eigenvalue weighted by molar-refractivity contribution is 0.102. The number of amides is 1. The number of benzene rings is 1. The third-order valence-corrected chi connectivity index (χ3v) is 2.83. The van der Waals surface area contributed by atoms with E-state index >= 15 is 0 Å². The van der Waals surface area contributed by atoms with Gasteiger partial charge in [-0.3, -0.25) is 4.79 Å². The van der Waals surface area contributed by atoms with Crippen molar-refractivity contribution in [1.29, 1.82) is 0 Å². The average molecular weight is 309 g/mol. The van der Waals surface area contributed by atoms with Crippen LogP contribution in [0.4, 0.5) is 10.2 Å². The van der Waals surface area contributed by atoms with Crippen LogP contribution in [0.1, 0.15) is 15.9 Å². The summed E-state index contributed by atoms with van der Waals surface area (Å²) in [6.45, 7) is 1.81. The molecular weight excluding hydrogens is 299 g/mol. The molecule has 1 aromatic heterocycles. The molecule has 2 rings (SSSR count). The topological polar surface area (TPSA) is 42.0 Å². The highest BCUT2D eigenvalue weighted by atomic mass is 79.9. The van der Waals surface area contributed by atoms with E-state index in [9.17, 15) is 9.18 Å². The molecule has 92 valence electrons. The monoisotopic (exact) mass is 308 g/mol. The van der Waals surface area contributed by atoms with Crippen molar-refractivity contribution in [3.8, 4) is 0 Å². The summed E-state index contributed by atoms with van der Waals surface area (Å²) in [7, 11) is 0. The number of carbonyl (C=O) groups is 1. The van der Waals surface area contributed by atoms with Crippen LogP contribution in [0.5, 0.6) is 0 Å². The predicted molar refractivity (Wildman–Crippen MR) is 71.0 cm³/mol. The van der Waals surface area contributed by atoms with Gasteiger partial charge in [-0.25, -0.2) is 9.37 Å². The van der Waals surface area contributed by atoms with Gasteiger partial charge in [0.05, 0.1) is 5.56 Å². The minimum Gasteiger partial charge on any atom is -0.306 e. The van der Waals surface area contributed by atoms with E-state index in [2.05, 4.69) is 26.2 Å². The number of hydrogen-bond donors (Lipinski definition) is 1. The van der Waals surface area contributed by atoms with E-state index in [0.29, 0.717) is 5.82 Å². The maximum absolute atomic E-state index is 13.4. The highest BCUT2D eigenvalue weighted by Crippen LogP contribution is 2.18. The molecule has 1 N–H and O–H groups in total. The number of pyridine rings is 1. The molecule has 5 heteroatoms. The largest absolute Gasteiger partial charge is 0.306 e. The van der Waals surface area contributed by atoms with Crippen molar-refractivity contribution in [2.75, 3.05) is 5.32 Å². The third kappa shape index (κ3) is 2.73. The minimum absolute atomic E-state index is 0.00150. The van der Waals surface area contributed by atoms with Gasteiger partial charge in [-0.05, 0) is 46.6 Å². The summed E-state index contributed by atoms with van der Waals surface area (Å²) in [5, 5.41) is 2.58. The fourth-order valence-corrected chi connectivity index (χ4v) is 1.94. The van der Waals surface area contributed by atoms with Crippen LogP contribution in [-0.2, 0) is 0 Å². The molecule has 0 spiro atoms. The number of carbonyl (C=O) groups excluding carboxylic acids is 1. The zero-order valence-electron chi connectivity index (χ0n) is 9.58. The van der Waals surface area contributed by atoms with E-state index in [1.807, 2.05) is 13.0 Å². The van der Waals surface area contributed by atoms with Crippen molar-refractivity contribution in [2.45, 2.75) is 6.92 Å². The quantitative estimate of drug-likeness (QED) is 0.922. The first-order valence-corrected chi connectivity index (χ1v) is 6.05. The standard InChI is InChI=1S/C13H10BrFN2O/c1-8-6-9(14)7-16-12(8)17-13(18)10-4-2-3-5-11(10)15/h2-7H,1H3,(H,16,17,18). The Labute approximate surface area is 112 Å². The van der Waals surface area contributed by atoms with Crippen LogP contribution >= 0.6 is 15.9 Å². The fourth-order valence-electron chi connectivity index (χ4n) is 1.49. The van der Waals surface area contributed by atoms with Crippen LogP contribution in [0.25, 0.3) is 0 Å². The zero-order chi connectivity index (χ0) is 13.1. The fraction of sp³-hybridized carbons (Fsp3) is 0.0769. The lowest BCUT2D eigenvalue weighted by atomic mass is 10.2. The molecule has 0 atom stereocenters. The normalized spacial score (nSPS) is 10.2. The summed E-state index contributed by atoms with van der Waals surface area (Å²) in [6, 6.07) is 7.65. The van der Waals surface area contributed by atoms with Crippen LogP contribution in [0.3, 0.4) is 0 Å². The number of nitrogens with one attached hydrogen (secondary N) is 1. The van der Waals surface area contributed by atoms with Crippen LogP contribution in [-0.4, -0.2) is 10.9 Å². The van der Waals surface area contributed by atoms with Crippen LogP contribution < -0.4 is 5.32 Å². The summed E-state index contributed by atoms with van der Waals surface area (Å²) in [5.74, 6) is -0.637. The molecule has 0 bridgehead atoms. The smallest absolute Gasteiger partial charge is 0.259 e. The first-order chi connectivity index (χ1) is 8.58. The number of aryl methyl sites for hydroxylation is 1. The Hall–Kier alpha value is -1.75. The second-order valence-corrected chi connectivity index (χ2v) is 4.67. The molecule has 0 radical (unpaired) electrons. The van der Waals surface area contributed by atoms with E-state index in [0.717, 1.165) is 10.0 Å². The first kappa shape index (κ1) is 12.7. The van der Waals surface area contributed by atoms with Crippen molar-refractivity contribution in [3.63, 3.8) is 0 Å². The second kappa shape index (κ2) is 5.27. The van der Waals surface area contributed by atoms with Crippen LogP contribution in [0.2, 0.25) is 0 Å². The second-order valence-electron chi connectivity index (χ2n) is 3.75. The molecule has 18 heavy (non-hydrogen) atoms. The molecule has 0 aliphatic heterocycles. The van der Waals surface area contributed by atoms with Gasteiger partial charge < -0.3 is 5.32 Å². The van der Waals surface area contributed by atoms with E-state index in [4.69, 9.17) is 0 Å². The van der Waals surface area contributed by atoms with Crippen molar-refractivity contribution in [1.82, 2.24) is 4.98 Å². The van der Waals surface area contributed by atoms with E-state index in [-0.39, 0.29) is 5.56 Å². The van der Waals surface area contributed by atoms with Gasteiger partial charge in [0, 0.05) is 10.7 Å². The molecular formula is C13H10BrFN2O. The number of nitrogens with zero attached hydrogens (tertiary/aromatic N) is 1. The highest BCUT2D eigenvalue weighted by molar-refractivity contribution is 9.10. The van der Waals surface area contributed by atoms with Gasteiger partial charge in [-0.1, -0.05) is 12.1 Å². The SMILES string of the molecule is Cc1cc(Br)cnc1NC(=O)c1ccccc1F. The number of anilines is 1. The Morgan fingerprint density at radius 1 is 1.39 bits per heavy atom. The molecule has 0 aliphatic carbocycles. The molecule has 0 saturated carbocycles. The lowest BCUT2D eigenvalue weighted by Gasteiger charge is -2.08. The summed E-state index contributed by atoms with van der Waals surface area (Å²) >= 11 is 3.28. The van der Waals surface area contributed by atoms with E-state index in [1.165, 1.54) is 18.2 Å². The Kier molecular flexibility index (Phi) is 3.72. The average Bonchev–Trinajstić information content (AvgIpc) is 2.33. The van der Waals surface area contributed by atoms with Crippen molar-refractivity contribution in [2.24, 2.45) is 0 Å². The molecule has 1 aromatic carbocycles. The molecule has 3 nitrogen and oxygen atoms in total. The van der Waals surface area contributed by atoms with Crippen molar-refractivity contribution in [3.05, 3.63) is 57.9 Å². The minimum atomic E-state index is -0.551. The summed E-state index contributed by atoms with van der Waals surface area (Å²) in [6.07, 6.45) is 1.57. The van der Waals surface area contributed by atoms with Crippen molar-refractivity contribution >= 4 is 27.7 Å². The lowest BCUT2D eigenvalue weighted by Crippen LogP contribution is -2.15. The van der Waals surface area contributed by atoms with Gasteiger partial charge in [0.15, 0.2) is 0 Å². The maximum Gasteiger partial charge on any atom is 0.259 e. The van der Waals surface area contributed by atoms with Gasteiger partial charge >= 0.3 is 0 Å². The summed E-state index contributed by atoms with van der Waals surface area (Å²) in [5.41, 5.74) is 0.802. The molecule has 0 unspecified atom stereocenters. The van der Waals surface area contributed by atoms with Crippen LogP contribution in [0, 0.1) is 12.7 Å². The predicted octanol–water partition coefficient (Wildman–Crippen LogP) is 3.54. The van der Waals surface area contributed by atoms with Gasteiger partial charge in [0.25, 0.3) is 5.91 Å². The molecule has 2 aromatic rings. The van der Waals surface area contributed by atoms with E-state index in [1.54, 1.807) is 12.3 Å². The molecule has 1 heterocycles. The van der Waals surface area contributed by atoms with E-state index < -0.39 is 11.7 Å². The summed E-state index contributed by atoms with van der Waals surface area (Å²) < 4.78 is 14.2. The molecule has 0 fully saturated rings. The van der Waals surface area contributed by atoms with Gasteiger partial charge in [-0.15, -0.1) is 0 Å². The van der Waals surface area contributed by atoms with Gasteiger partial charge in [-0.2, -0.15) is 0 Å². The highest BCUT2D eigenvalue weighted by Gasteiger charge is 2.12. The Morgan fingerprint density at radius 3 is 2.78 bits per heavy atom. The number of aromatic nitrogens is 1.